The average Bonchev–Trinajstić information content (AvgIpc) is 3.46. The number of hydrogen-bond acceptors (Lipinski definition) is 6. The molecule has 1 unspecified atom stereocenters. The number of hydrogen-bond donors (Lipinski definition) is 1. The Kier molecular flexibility index (Phi) is 5.24. The highest BCUT2D eigenvalue weighted by atomic mass is 16.3. The molecule has 1 aliphatic heterocycles. The lowest BCUT2D eigenvalue weighted by Gasteiger charge is -2.53. The summed E-state index contributed by atoms with van der Waals surface area (Å²) in [5.41, 5.74) is 2.08. The molecule has 9 heteroatoms. The average molecular weight is 435 g/mol. The van der Waals surface area contributed by atoms with Crippen LogP contribution in [-0.2, 0) is 6.54 Å². The third-order valence-electron chi connectivity index (χ3n) is 6.97. The zero-order valence-corrected chi connectivity index (χ0v) is 18.0. The van der Waals surface area contributed by atoms with Crippen LogP contribution in [-0.4, -0.2) is 49.8 Å². The Morgan fingerprint density at radius 2 is 1.97 bits per heavy atom. The molecule has 1 N–H and O–H groups in total. The molecule has 1 aliphatic carbocycles. The molecule has 32 heavy (non-hydrogen) atoms. The molecule has 2 aromatic heterocycles. The quantitative estimate of drug-likeness (QED) is 0.662. The van der Waals surface area contributed by atoms with E-state index in [9.17, 15) is 9.59 Å². The predicted molar refractivity (Wildman–Crippen MR) is 115 cm³/mol. The minimum atomic E-state index is -0.226. The summed E-state index contributed by atoms with van der Waals surface area (Å²) in [6.45, 7) is 3.58. The molecule has 1 saturated heterocycles. The fraction of sp³-hybridized carbons (Fsp3) is 0.435. The van der Waals surface area contributed by atoms with Crippen LogP contribution in [0.15, 0.2) is 47.3 Å². The first-order valence-corrected chi connectivity index (χ1v) is 11.0. The Hall–Kier alpha value is -3.49. The number of rotatable bonds is 5. The van der Waals surface area contributed by atoms with Crippen molar-refractivity contribution < 1.29 is 14.0 Å². The van der Waals surface area contributed by atoms with Crippen LogP contribution < -0.4 is 5.32 Å². The molecule has 1 atom stereocenters. The Labute approximate surface area is 185 Å². The monoisotopic (exact) mass is 434 g/mol. The van der Waals surface area contributed by atoms with Crippen molar-refractivity contribution >= 4 is 11.8 Å². The van der Waals surface area contributed by atoms with E-state index in [0.717, 1.165) is 31.2 Å². The van der Waals surface area contributed by atoms with Gasteiger partial charge in [-0.3, -0.25) is 9.59 Å². The van der Waals surface area contributed by atoms with Crippen molar-refractivity contribution in [2.75, 3.05) is 13.1 Å². The molecule has 1 aromatic carbocycles. The van der Waals surface area contributed by atoms with Gasteiger partial charge in [0.2, 0.25) is 5.76 Å². The third kappa shape index (κ3) is 3.68. The Morgan fingerprint density at radius 3 is 2.62 bits per heavy atom. The van der Waals surface area contributed by atoms with Gasteiger partial charge in [-0.05, 0) is 43.6 Å². The summed E-state index contributed by atoms with van der Waals surface area (Å²) in [5.74, 6) is 0.00807. The van der Waals surface area contributed by atoms with Gasteiger partial charge in [-0.2, -0.15) is 0 Å². The maximum atomic E-state index is 12.7. The molecule has 166 valence electrons. The SMILES string of the molecule is Cc1ncoc1C(=O)N1CCC2(CCC2n2cc(C(=O)NCc3ccccc3)nn2)CC1. The summed E-state index contributed by atoms with van der Waals surface area (Å²) in [4.78, 5) is 31.1. The molecule has 0 radical (unpaired) electrons. The van der Waals surface area contributed by atoms with Gasteiger partial charge in [0.25, 0.3) is 11.8 Å². The third-order valence-corrected chi connectivity index (χ3v) is 6.97. The van der Waals surface area contributed by atoms with E-state index < -0.39 is 0 Å². The van der Waals surface area contributed by atoms with Crippen molar-refractivity contribution in [3.8, 4) is 0 Å². The number of oxazole rings is 1. The number of amides is 2. The van der Waals surface area contributed by atoms with Gasteiger partial charge < -0.3 is 14.6 Å². The standard InChI is InChI=1S/C23H26N6O3/c1-16-20(32-15-25-16)22(31)28-11-9-23(10-12-28)8-7-19(23)29-14-18(26-27-29)21(30)24-13-17-5-3-2-4-6-17/h2-6,14-15,19H,7-13H2,1H3,(H,24,30). The van der Waals surface area contributed by atoms with Gasteiger partial charge in [0, 0.05) is 19.6 Å². The molecule has 2 fully saturated rings. The van der Waals surface area contributed by atoms with Crippen molar-refractivity contribution in [3.63, 3.8) is 0 Å². The Morgan fingerprint density at radius 1 is 1.19 bits per heavy atom. The van der Waals surface area contributed by atoms with Crippen LogP contribution in [0, 0.1) is 12.3 Å². The lowest BCUT2D eigenvalue weighted by atomic mass is 9.59. The molecular weight excluding hydrogens is 408 g/mol. The van der Waals surface area contributed by atoms with Gasteiger partial charge in [0.15, 0.2) is 12.1 Å². The van der Waals surface area contributed by atoms with E-state index in [2.05, 4.69) is 20.6 Å². The molecule has 3 heterocycles. The largest absolute Gasteiger partial charge is 0.438 e. The number of nitrogens with one attached hydrogen (secondary N) is 1. The Balaban J connectivity index is 1.20. The van der Waals surface area contributed by atoms with Crippen LogP contribution >= 0.6 is 0 Å². The zero-order chi connectivity index (χ0) is 22.1. The van der Waals surface area contributed by atoms with Crippen molar-refractivity contribution in [1.29, 1.82) is 0 Å². The van der Waals surface area contributed by atoms with Gasteiger partial charge in [-0.15, -0.1) is 5.10 Å². The molecule has 9 nitrogen and oxygen atoms in total. The van der Waals surface area contributed by atoms with E-state index >= 15 is 0 Å². The number of carbonyl (C=O) groups excluding carboxylic acids is 2. The van der Waals surface area contributed by atoms with Crippen LogP contribution in [0.4, 0.5) is 0 Å². The van der Waals surface area contributed by atoms with Crippen molar-refractivity contribution in [3.05, 3.63) is 65.6 Å². The minimum absolute atomic E-state index is 0.0937. The molecule has 2 amide bonds. The van der Waals surface area contributed by atoms with Gasteiger partial charge in [0.1, 0.15) is 0 Å². The maximum Gasteiger partial charge on any atom is 0.291 e. The summed E-state index contributed by atoms with van der Waals surface area (Å²) >= 11 is 0. The topological polar surface area (TPSA) is 106 Å². The number of nitrogens with zero attached hydrogens (tertiary/aromatic N) is 5. The van der Waals surface area contributed by atoms with Crippen LogP contribution in [0.25, 0.3) is 0 Å². The number of aromatic nitrogens is 4. The summed E-state index contributed by atoms with van der Waals surface area (Å²) < 4.78 is 7.12. The van der Waals surface area contributed by atoms with Crippen LogP contribution in [0.2, 0.25) is 0 Å². The minimum Gasteiger partial charge on any atom is -0.438 e. The first kappa shape index (κ1) is 20.4. The van der Waals surface area contributed by atoms with E-state index in [1.54, 1.807) is 13.1 Å². The van der Waals surface area contributed by atoms with Gasteiger partial charge in [0.05, 0.1) is 17.9 Å². The molecule has 1 saturated carbocycles. The van der Waals surface area contributed by atoms with Gasteiger partial charge >= 0.3 is 0 Å². The van der Waals surface area contributed by atoms with E-state index in [-0.39, 0.29) is 23.3 Å². The summed E-state index contributed by atoms with van der Waals surface area (Å²) in [6, 6.07) is 9.97. The van der Waals surface area contributed by atoms with E-state index in [1.165, 1.54) is 6.39 Å². The van der Waals surface area contributed by atoms with Crippen molar-refractivity contribution in [2.24, 2.45) is 5.41 Å². The second-order valence-corrected chi connectivity index (χ2v) is 8.73. The highest BCUT2D eigenvalue weighted by molar-refractivity contribution is 5.92. The van der Waals surface area contributed by atoms with Crippen LogP contribution in [0.5, 0.6) is 0 Å². The fourth-order valence-corrected chi connectivity index (χ4v) is 4.89. The number of aryl methyl sites for hydroxylation is 1. The highest BCUT2D eigenvalue weighted by Crippen LogP contribution is 2.56. The number of benzene rings is 1. The van der Waals surface area contributed by atoms with E-state index in [4.69, 9.17) is 4.42 Å². The number of likely N-dealkylation sites (tertiary alicyclic amines) is 1. The van der Waals surface area contributed by atoms with Crippen molar-refractivity contribution in [2.45, 2.75) is 45.2 Å². The smallest absolute Gasteiger partial charge is 0.291 e. The molecule has 3 aromatic rings. The maximum absolute atomic E-state index is 12.7. The second-order valence-electron chi connectivity index (χ2n) is 8.73. The van der Waals surface area contributed by atoms with E-state index in [0.29, 0.717) is 36.8 Å². The number of carbonyl (C=O) groups is 2. The van der Waals surface area contributed by atoms with Gasteiger partial charge in [-0.25, -0.2) is 9.67 Å². The molecular formula is C23H26N6O3. The second kappa shape index (κ2) is 8.22. The first-order chi connectivity index (χ1) is 15.6. The van der Waals surface area contributed by atoms with Crippen LogP contribution in [0.3, 0.4) is 0 Å². The highest BCUT2D eigenvalue weighted by Gasteiger charge is 2.50. The van der Waals surface area contributed by atoms with Gasteiger partial charge in [-0.1, -0.05) is 35.5 Å². The van der Waals surface area contributed by atoms with Crippen molar-refractivity contribution in [1.82, 2.24) is 30.2 Å². The Bertz CT molecular complexity index is 1110. The summed E-state index contributed by atoms with van der Waals surface area (Å²) in [5, 5.41) is 11.3. The first-order valence-electron chi connectivity index (χ1n) is 11.0. The molecule has 0 bridgehead atoms. The summed E-state index contributed by atoms with van der Waals surface area (Å²) in [7, 11) is 0. The normalized spacial score (nSPS) is 19.5. The van der Waals surface area contributed by atoms with Crippen LogP contribution in [0.1, 0.15) is 64.0 Å². The molecule has 5 rings (SSSR count). The zero-order valence-electron chi connectivity index (χ0n) is 18.0. The predicted octanol–water partition coefficient (Wildman–Crippen LogP) is 2.76. The lowest BCUT2D eigenvalue weighted by Crippen LogP contribution is -2.51. The summed E-state index contributed by atoms with van der Waals surface area (Å²) in [6.07, 6.45) is 6.95. The lowest BCUT2D eigenvalue weighted by molar-refractivity contribution is -0.0274. The molecule has 2 aliphatic rings. The molecule has 1 spiro atoms. The number of piperidine rings is 1. The fourth-order valence-electron chi connectivity index (χ4n) is 4.89. The van der Waals surface area contributed by atoms with E-state index in [1.807, 2.05) is 39.9 Å².